The molecule has 0 radical (unpaired) electrons. The number of rotatable bonds is 1. The number of hydrogen-bond acceptors (Lipinski definition) is 3. The first-order valence-electron chi connectivity index (χ1n) is 6.47. The maximum atomic E-state index is 12.1. The van der Waals surface area contributed by atoms with E-state index in [0.29, 0.717) is 6.54 Å². The van der Waals surface area contributed by atoms with Gasteiger partial charge in [0.15, 0.2) is 0 Å². The van der Waals surface area contributed by atoms with Crippen molar-refractivity contribution in [2.24, 2.45) is 0 Å². The molecule has 2 fully saturated rings. The van der Waals surface area contributed by atoms with Crippen LogP contribution in [0.25, 0.3) is 0 Å². The van der Waals surface area contributed by atoms with E-state index in [-0.39, 0.29) is 11.7 Å². The molecule has 0 bridgehead atoms. The van der Waals surface area contributed by atoms with Crippen molar-refractivity contribution in [2.45, 2.75) is 25.4 Å². The minimum atomic E-state index is -0.273. The number of piperidine rings is 1. The number of amides is 1. The predicted octanol–water partition coefficient (Wildman–Crippen LogP) is 2.07. The van der Waals surface area contributed by atoms with Gasteiger partial charge in [-0.05, 0) is 31.6 Å². The quantitative estimate of drug-likeness (QED) is 0.824. The number of para-hydroxylation sites is 1. The van der Waals surface area contributed by atoms with Crippen LogP contribution < -0.4 is 10.2 Å². The van der Waals surface area contributed by atoms with Gasteiger partial charge in [0.05, 0.1) is 12.2 Å². The molecule has 1 aromatic rings. The van der Waals surface area contributed by atoms with Gasteiger partial charge in [0.2, 0.25) is 0 Å². The Morgan fingerprint density at radius 1 is 1.28 bits per heavy atom. The van der Waals surface area contributed by atoms with Crippen LogP contribution in [-0.2, 0) is 4.74 Å². The average Bonchev–Trinajstić information content (AvgIpc) is 2.67. The van der Waals surface area contributed by atoms with E-state index in [0.717, 1.165) is 37.2 Å². The maximum Gasteiger partial charge on any atom is 0.415 e. The highest BCUT2D eigenvalue weighted by molar-refractivity contribution is 5.91. The Kier molecular flexibility index (Phi) is 2.74. The Morgan fingerprint density at radius 3 is 2.72 bits per heavy atom. The summed E-state index contributed by atoms with van der Waals surface area (Å²) in [5, 5.41) is 3.31. The van der Waals surface area contributed by atoms with Crippen molar-refractivity contribution in [1.82, 2.24) is 5.32 Å². The molecule has 0 aromatic heterocycles. The number of ether oxygens (including phenoxy) is 1. The van der Waals surface area contributed by atoms with E-state index in [2.05, 4.69) is 5.32 Å². The Balaban J connectivity index is 1.87. The molecule has 1 N–H and O–H groups in total. The van der Waals surface area contributed by atoms with E-state index >= 15 is 0 Å². The zero-order valence-corrected chi connectivity index (χ0v) is 10.6. The molecule has 4 heteroatoms. The smallest absolute Gasteiger partial charge is 0.415 e. The summed E-state index contributed by atoms with van der Waals surface area (Å²) in [5.41, 5.74) is 1.81. The lowest BCUT2D eigenvalue weighted by atomic mass is 9.92. The van der Waals surface area contributed by atoms with Crippen LogP contribution in [0.1, 0.15) is 18.4 Å². The average molecular weight is 246 g/mol. The van der Waals surface area contributed by atoms with Crippen molar-refractivity contribution in [3.63, 3.8) is 0 Å². The molecule has 0 unspecified atom stereocenters. The van der Waals surface area contributed by atoms with Crippen molar-refractivity contribution in [1.29, 1.82) is 0 Å². The minimum absolute atomic E-state index is 0.203. The molecular formula is C14H18N2O2. The second-order valence-corrected chi connectivity index (χ2v) is 5.17. The highest BCUT2D eigenvalue weighted by Gasteiger charge is 2.46. The zero-order chi connectivity index (χ0) is 12.6. The summed E-state index contributed by atoms with van der Waals surface area (Å²) in [6.45, 7) is 4.55. The Hall–Kier alpha value is -1.55. The molecule has 3 rings (SSSR count). The highest BCUT2D eigenvalue weighted by Crippen LogP contribution is 2.35. The van der Waals surface area contributed by atoms with Crippen molar-refractivity contribution in [2.75, 3.05) is 24.5 Å². The number of benzene rings is 1. The summed E-state index contributed by atoms with van der Waals surface area (Å²) in [5.74, 6) is 0. The predicted molar refractivity (Wildman–Crippen MR) is 69.8 cm³/mol. The largest absolute Gasteiger partial charge is 0.441 e. The van der Waals surface area contributed by atoms with Crippen LogP contribution in [0.15, 0.2) is 24.3 Å². The second-order valence-electron chi connectivity index (χ2n) is 5.17. The van der Waals surface area contributed by atoms with Gasteiger partial charge in [0, 0.05) is 12.8 Å². The van der Waals surface area contributed by atoms with Crippen LogP contribution in [0.4, 0.5) is 10.5 Å². The van der Waals surface area contributed by atoms with E-state index in [1.54, 1.807) is 4.90 Å². The minimum Gasteiger partial charge on any atom is -0.441 e. The van der Waals surface area contributed by atoms with Gasteiger partial charge in [-0.25, -0.2) is 4.79 Å². The summed E-state index contributed by atoms with van der Waals surface area (Å²) in [6.07, 6.45) is 1.61. The molecule has 2 aliphatic rings. The molecule has 0 saturated carbocycles. The third-order valence-corrected chi connectivity index (χ3v) is 3.89. The lowest BCUT2D eigenvalue weighted by Gasteiger charge is -2.31. The fraction of sp³-hybridized carbons (Fsp3) is 0.500. The lowest BCUT2D eigenvalue weighted by molar-refractivity contribution is 0.0316. The Bertz CT molecular complexity index is 467. The van der Waals surface area contributed by atoms with Gasteiger partial charge >= 0.3 is 6.09 Å². The number of carbonyl (C=O) groups excluding carboxylic acids is 1. The van der Waals surface area contributed by atoms with Crippen molar-refractivity contribution in [3.05, 3.63) is 29.8 Å². The van der Waals surface area contributed by atoms with Gasteiger partial charge in [-0.1, -0.05) is 18.2 Å². The van der Waals surface area contributed by atoms with Gasteiger partial charge < -0.3 is 10.1 Å². The van der Waals surface area contributed by atoms with Crippen LogP contribution in [-0.4, -0.2) is 31.3 Å². The molecular weight excluding hydrogens is 228 g/mol. The van der Waals surface area contributed by atoms with Gasteiger partial charge in [-0.2, -0.15) is 0 Å². The molecule has 1 spiro atoms. The molecule has 1 amide bonds. The van der Waals surface area contributed by atoms with Crippen LogP contribution >= 0.6 is 0 Å². The molecule has 2 heterocycles. The maximum absolute atomic E-state index is 12.1. The van der Waals surface area contributed by atoms with Crippen molar-refractivity contribution < 1.29 is 9.53 Å². The molecule has 18 heavy (non-hydrogen) atoms. The van der Waals surface area contributed by atoms with E-state index in [1.807, 2.05) is 31.2 Å². The van der Waals surface area contributed by atoms with E-state index in [1.165, 1.54) is 0 Å². The number of nitrogens with zero attached hydrogens (tertiary/aromatic N) is 1. The number of anilines is 1. The fourth-order valence-corrected chi connectivity index (χ4v) is 2.82. The second kappa shape index (κ2) is 4.28. The summed E-state index contributed by atoms with van der Waals surface area (Å²) < 4.78 is 5.66. The number of hydrogen-bond donors (Lipinski definition) is 1. The fourth-order valence-electron chi connectivity index (χ4n) is 2.82. The van der Waals surface area contributed by atoms with E-state index in [9.17, 15) is 4.79 Å². The van der Waals surface area contributed by atoms with Gasteiger partial charge in [-0.15, -0.1) is 0 Å². The summed E-state index contributed by atoms with van der Waals surface area (Å²) >= 11 is 0. The van der Waals surface area contributed by atoms with Crippen molar-refractivity contribution in [3.8, 4) is 0 Å². The Morgan fingerprint density at radius 2 is 2.00 bits per heavy atom. The normalized spacial score (nSPS) is 22.3. The summed E-state index contributed by atoms with van der Waals surface area (Å²) in [6, 6.07) is 7.95. The molecule has 0 aliphatic carbocycles. The Labute approximate surface area is 107 Å². The molecule has 2 aliphatic heterocycles. The first-order chi connectivity index (χ1) is 8.70. The highest BCUT2D eigenvalue weighted by atomic mass is 16.6. The molecule has 1 aromatic carbocycles. The van der Waals surface area contributed by atoms with E-state index < -0.39 is 0 Å². The third-order valence-electron chi connectivity index (χ3n) is 3.89. The van der Waals surface area contributed by atoms with Crippen LogP contribution in [0.5, 0.6) is 0 Å². The van der Waals surface area contributed by atoms with Crippen LogP contribution in [0.2, 0.25) is 0 Å². The van der Waals surface area contributed by atoms with Gasteiger partial charge in [0.25, 0.3) is 0 Å². The van der Waals surface area contributed by atoms with Gasteiger partial charge in [-0.3, -0.25) is 4.90 Å². The van der Waals surface area contributed by atoms with E-state index in [4.69, 9.17) is 4.74 Å². The topological polar surface area (TPSA) is 41.6 Å². The zero-order valence-electron chi connectivity index (χ0n) is 10.6. The third kappa shape index (κ3) is 1.86. The lowest BCUT2D eigenvalue weighted by Crippen LogP contribution is -2.44. The van der Waals surface area contributed by atoms with Crippen molar-refractivity contribution >= 4 is 11.8 Å². The van der Waals surface area contributed by atoms with Crippen LogP contribution in [0, 0.1) is 6.92 Å². The van der Waals surface area contributed by atoms with Gasteiger partial charge in [0.1, 0.15) is 5.60 Å². The summed E-state index contributed by atoms with van der Waals surface area (Å²) in [7, 11) is 0. The molecule has 0 atom stereocenters. The number of aryl methyl sites for hydroxylation is 1. The summed E-state index contributed by atoms with van der Waals surface area (Å²) in [4.78, 5) is 13.9. The SMILES string of the molecule is Cc1ccccc1N1CC2(CCNCC2)OC1=O. The monoisotopic (exact) mass is 246 g/mol. The first-order valence-corrected chi connectivity index (χ1v) is 6.47. The molecule has 96 valence electrons. The number of carbonyl (C=O) groups is 1. The molecule has 4 nitrogen and oxygen atoms in total. The first kappa shape index (κ1) is 11.5. The number of nitrogens with one attached hydrogen (secondary N) is 1. The molecule has 2 saturated heterocycles. The van der Waals surface area contributed by atoms with Crippen LogP contribution in [0.3, 0.4) is 0 Å². The standard InChI is InChI=1S/C14H18N2O2/c1-11-4-2-3-5-12(11)16-10-14(18-13(16)17)6-8-15-9-7-14/h2-5,15H,6-10H2,1H3.